The summed E-state index contributed by atoms with van der Waals surface area (Å²) in [5, 5.41) is 16.0. The second-order valence-electron chi connectivity index (χ2n) is 8.93. The minimum absolute atomic E-state index is 0.183. The summed E-state index contributed by atoms with van der Waals surface area (Å²) in [5.41, 5.74) is 10.5. The second kappa shape index (κ2) is 13.0. The number of carbonyl (C=O) groups excluding carboxylic acids is 2. The molecule has 1 aromatic heterocycles. The van der Waals surface area contributed by atoms with Crippen LogP contribution in [0.5, 0.6) is 0 Å². The second-order valence-corrected chi connectivity index (χ2v) is 8.93. The van der Waals surface area contributed by atoms with Crippen molar-refractivity contribution in [3.05, 3.63) is 95.9 Å². The van der Waals surface area contributed by atoms with Crippen molar-refractivity contribution in [1.82, 2.24) is 15.5 Å². The van der Waals surface area contributed by atoms with Crippen LogP contribution < -0.4 is 21.7 Å². The van der Waals surface area contributed by atoms with E-state index in [1.54, 1.807) is 6.07 Å². The Balaban J connectivity index is 1.14. The predicted molar refractivity (Wildman–Crippen MR) is 148 cm³/mol. The number of nitrogens with zero attached hydrogens (tertiary/aromatic N) is 1. The van der Waals surface area contributed by atoms with Gasteiger partial charge in [0, 0.05) is 30.8 Å². The van der Waals surface area contributed by atoms with Gasteiger partial charge < -0.3 is 21.7 Å². The summed E-state index contributed by atoms with van der Waals surface area (Å²) in [6, 6.07) is 23.7. The van der Waals surface area contributed by atoms with Crippen molar-refractivity contribution in [2.75, 3.05) is 22.9 Å². The van der Waals surface area contributed by atoms with E-state index in [9.17, 15) is 14.0 Å². The number of benzene rings is 3. The average molecular weight is 515 g/mol. The number of hydrogen-bond acceptors (Lipinski definition) is 5. The van der Waals surface area contributed by atoms with Crippen LogP contribution in [0.3, 0.4) is 0 Å². The number of nitrogen functional groups attached to an aromatic ring is 1. The van der Waals surface area contributed by atoms with Crippen LogP contribution in [0.15, 0.2) is 78.9 Å². The molecule has 1 heterocycles. The highest BCUT2D eigenvalue weighted by molar-refractivity contribution is 5.94. The monoisotopic (exact) mass is 514 g/mol. The van der Waals surface area contributed by atoms with Gasteiger partial charge in [-0.1, -0.05) is 48.9 Å². The number of amides is 2. The molecule has 2 amide bonds. The summed E-state index contributed by atoms with van der Waals surface area (Å²) in [6.07, 6.45) is 2.48. The van der Waals surface area contributed by atoms with Crippen molar-refractivity contribution in [3.8, 4) is 11.3 Å². The normalized spacial score (nSPS) is 10.7. The third-order valence-corrected chi connectivity index (χ3v) is 6.00. The first-order valence-electron chi connectivity index (χ1n) is 12.5. The molecule has 196 valence electrons. The molecule has 0 saturated carbocycles. The van der Waals surface area contributed by atoms with Gasteiger partial charge in [0.05, 0.1) is 17.1 Å². The van der Waals surface area contributed by atoms with Crippen molar-refractivity contribution in [3.63, 3.8) is 0 Å². The molecule has 0 aliphatic heterocycles. The number of nitrogens with one attached hydrogen (secondary N) is 4. The van der Waals surface area contributed by atoms with Gasteiger partial charge in [0.15, 0.2) is 0 Å². The van der Waals surface area contributed by atoms with Gasteiger partial charge in [0.2, 0.25) is 5.91 Å². The SMILES string of the molecule is Nc1cc(F)ccc1NC(=O)CCCCCNC(=O)c1cc(-c2ccc(NCc3ccccc3)cc2)n[nH]1. The van der Waals surface area contributed by atoms with Crippen LogP contribution in [0.2, 0.25) is 0 Å². The molecule has 0 bridgehead atoms. The van der Waals surface area contributed by atoms with Crippen molar-refractivity contribution in [2.45, 2.75) is 32.2 Å². The summed E-state index contributed by atoms with van der Waals surface area (Å²) in [7, 11) is 0. The Morgan fingerprint density at radius 2 is 1.71 bits per heavy atom. The van der Waals surface area contributed by atoms with E-state index in [4.69, 9.17) is 5.73 Å². The quantitative estimate of drug-likeness (QED) is 0.129. The van der Waals surface area contributed by atoms with E-state index in [-0.39, 0.29) is 17.5 Å². The van der Waals surface area contributed by atoms with E-state index >= 15 is 0 Å². The fourth-order valence-electron chi connectivity index (χ4n) is 3.89. The lowest BCUT2D eigenvalue weighted by molar-refractivity contribution is -0.116. The molecular weight excluding hydrogens is 483 g/mol. The maximum absolute atomic E-state index is 13.1. The van der Waals surface area contributed by atoms with Gasteiger partial charge in [-0.15, -0.1) is 0 Å². The Hall–Kier alpha value is -4.66. The fraction of sp³-hybridized carbons (Fsp3) is 0.207. The zero-order chi connectivity index (χ0) is 26.7. The number of anilines is 3. The standard InChI is InChI=1S/C29H31FN6O2/c30-22-12-15-25(24(31)17-22)34-28(37)9-5-2-6-16-32-29(38)27-18-26(35-36-27)21-10-13-23(14-11-21)33-19-20-7-3-1-4-8-20/h1,3-4,7-8,10-15,17-18,33H,2,5-6,9,16,19,31H2,(H,32,38)(H,34,37)(H,35,36). The minimum atomic E-state index is -0.449. The lowest BCUT2D eigenvalue weighted by Gasteiger charge is -2.08. The molecule has 8 nitrogen and oxygen atoms in total. The topological polar surface area (TPSA) is 125 Å². The van der Waals surface area contributed by atoms with Crippen LogP contribution in [-0.4, -0.2) is 28.6 Å². The molecule has 38 heavy (non-hydrogen) atoms. The number of halogens is 1. The molecule has 0 saturated heterocycles. The highest BCUT2D eigenvalue weighted by Crippen LogP contribution is 2.21. The summed E-state index contributed by atoms with van der Waals surface area (Å²) >= 11 is 0. The van der Waals surface area contributed by atoms with Crippen molar-refractivity contribution < 1.29 is 14.0 Å². The number of nitrogens with two attached hydrogens (primary N) is 1. The predicted octanol–water partition coefficient (Wildman–Crippen LogP) is 5.34. The molecule has 4 aromatic rings. The number of carbonyl (C=O) groups is 2. The lowest BCUT2D eigenvalue weighted by Crippen LogP contribution is -2.24. The zero-order valence-electron chi connectivity index (χ0n) is 21.0. The summed E-state index contributed by atoms with van der Waals surface area (Å²) in [5.74, 6) is -0.859. The smallest absolute Gasteiger partial charge is 0.269 e. The van der Waals surface area contributed by atoms with Gasteiger partial charge in [0.1, 0.15) is 11.5 Å². The average Bonchev–Trinajstić information content (AvgIpc) is 3.42. The van der Waals surface area contributed by atoms with Crippen LogP contribution in [0.4, 0.5) is 21.5 Å². The number of hydrogen-bond donors (Lipinski definition) is 5. The molecule has 3 aromatic carbocycles. The zero-order valence-corrected chi connectivity index (χ0v) is 21.0. The summed E-state index contributed by atoms with van der Waals surface area (Å²) in [4.78, 5) is 24.5. The Kier molecular flexibility index (Phi) is 9.07. The molecule has 0 spiro atoms. The van der Waals surface area contributed by atoms with Crippen LogP contribution >= 0.6 is 0 Å². The number of aromatic nitrogens is 2. The Morgan fingerprint density at radius 3 is 2.47 bits per heavy atom. The maximum atomic E-state index is 13.1. The molecule has 0 aliphatic rings. The number of H-pyrrole nitrogens is 1. The molecule has 0 atom stereocenters. The first-order chi connectivity index (χ1) is 18.5. The summed E-state index contributed by atoms with van der Waals surface area (Å²) < 4.78 is 13.1. The fourth-order valence-corrected chi connectivity index (χ4v) is 3.89. The van der Waals surface area contributed by atoms with Gasteiger partial charge in [-0.05, 0) is 54.8 Å². The van der Waals surface area contributed by atoms with Crippen LogP contribution in [0, 0.1) is 5.82 Å². The molecular formula is C29H31FN6O2. The molecule has 6 N–H and O–H groups in total. The number of rotatable bonds is 12. The van der Waals surface area contributed by atoms with Crippen molar-refractivity contribution in [2.24, 2.45) is 0 Å². The van der Waals surface area contributed by atoms with Crippen LogP contribution in [0.1, 0.15) is 41.7 Å². The van der Waals surface area contributed by atoms with E-state index in [0.717, 1.165) is 30.6 Å². The van der Waals surface area contributed by atoms with Gasteiger partial charge >= 0.3 is 0 Å². The number of unbranched alkanes of at least 4 members (excludes halogenated alkanes) is 2. The highest BCUT2D eigenvalue weighted by atomic mass is 19.1. The van der Waals surface area contributed by atoms with Gasteiger partial charge in [-0.25, -0.2) is 4.39 Å². The molecule has 9 heteroatoms. The maximum Gasteiger partial charge on any atom is 0.269 e. The number of aromatic amines is 1. The molecule has 0 unspecified atom stereocenters. The van der Waals surface area contributed by atoms with Crippen LogP contribution in [-0.2, 0) is 11.3 Å². The first-order valence-corrected chi connectivity index (χ1v) is 12.5. The first kappa shape index (κ1) is 26.4. The Bertz CT molecular complexity index is 1360. The van der Waals surface area contributed by atoms with E-state index < -0.39 is 5.82 Å². The van der Waals surface area contributed by atoms with Gasteiger partial charge in [0.25, 0.3) is 5.91 Å². The van der Waals surface area contributed by atoms with E-state index in [0.29, 0.717) is 36.5 Å². The largest absolute Gasteiger partial charge is 0.397 e. The molecule has 0 radical (unpaired) electrons. The van der Waals surface area contributed by atoms with E-state index in [1.807, 2.05) is 42.5 Å². The van der Waals surface area contributed by atoms with Crippen molar-refractivity contribution in [1.29, 1.82) is 0 Å². The van der Waals surface area contributed by atoms with E-state index in [2.05, 4.69) is 38.3 Å². The molecule has 4 rings (SSSR count). The molecule has 0 aliphatic carbocycles. The molecule has 0 fully saturated rings. The minimum Gasteiger partial charge on any atom is -0.397 e. The Morgan fingerprint density at radius 1 is 0.921 bits per heavy atom. The summed E-state index contributed by atoms with van der Waals surface area (Å²) in [6.45, 7) is 1.23. The van der Waals surface area contributed by atoms with Crippen molar-refractivity contribution >= 4 is 28.9 Å². The Labute approximate surface area is 220 Å². The third kappa shape index (κ3) is 7.67. The van der Waals surface area contributed by atoms with E-state index in [1.165, 1.54) is 23.8 Å². The highest BCUT2D eigenvalue weighted by Gasteiger charge is 2.11. The van der Waals surface area contributed by atoms with Crippen LogP contribution in [0.25, 0.3) is 11.3 Å². The third-order valence-electron chi connectivity index (χ3n) is 6.00. The van der Waals surface area contributed by atoms with Gasteiger partial charge in [-0.2, -0.15) is 5.10 Å². The lowest BCUT2D eigenvalue weighted by atomic mass is 10.1. The van der Waals surface area contributed by atoms with Gasteiger partial charge in [-0.3, -0.25) is 14.7 Å².